The Morgan fingerprint density at radius 2 is 1.12 bits per heavy atom. The second kappa shape index (κ2) is 10.3. The molecule has 0 aliphatic carbocycles. The number of carbonyl (C=O) groups excluding carboxylic acids is 1. The van der Waals surface area contributed by atoms with Crippen LogP contribution in [0.3, 0.4) is 0 Å². The third-order valence-electron chi connectivity index (χ3n) is 6.18. The summed E-state index contributed by atoms with van der Waals surface area (Å²) >= 11 is 0. The van der Waals surface area contributed by atoms with Crippen molar-refractivity contribution in [1.29, 1.82) is 0 Å². The number of hydrogen-bond donors (Lipinski definition) is 0. The molecule has 0 amide bonds. The summed E-state index contributed by atoms with van der Waals surface area (Å²) in [6.07, 6.45) is 0. The minimum absolute atomic E-state index is 0.0928. The Hall–Kier alpha value is -3.95. The predicted molar refractivity (Wildman–Crippen MR) is 138 cm³/mol. The van der Waals surface area contributed by atoms with Gasteiger partial charge in [0.2, 0.25) is 0 Å². The highest BCUT2D eigenvalue weighted by atomic mass is 16.1. The van der Waals surface area contributed by atoms with Gasteiger partial charge in [0.05, 0.1) is 12.4 Å². The standard InChI is InChI=1S/C31H28N2O/c34-31(28-19-11-4-12-20-28)29-23-32(21-25-13-5-1-6-14-25)24-33(22-26-15-7-2-8-16-26)30(29)27-17-9-3-10-18-27/h1-20H,21-24H2. The molecule has 0 unspecified atom stereocenters. The van der Waals surface area contributed by atoms with E-state index in [1.54, 1.807) is 0 Å². The lowest BCUT2D eigenvalue weighted by Gasteiger charge is -2.40. The Bertz CT molecular complexity index is 1250. The molecule has 0 fully saturated rings. The van der Waals surface area contributed by atoms with Gasteiger partial charge in [-0.05, 0) is 16.7 Å². The second-order valence-corrected chi connectivity index (χ2v) is 8.69. The smallest absolute Gasteiger partial charge is 0.192 e. The lowest BCUT2D eigenvalue weighted by atomic mass is 9.94. The normalized spacial score (nSPS) is 14.3. The first-order chi connectivity index (χ1) is 16.8. The molecule has 1 aliphatic heterocycles. The zero-order chi connectivity index (χ0) is 23.2. The fourth-order valence-corrected chi connectivity index (χ4v) is 4.63. The third-order valence-corrected chi connectivity index (χ3v) is 6.18. The molecule has 4 aromatic rings. The predicted octanol–water partition coefficient (Wildman–Crippen LogP) is 6.26. The van der Waals surface area contributed by atoms with Crippen molar-refractivity contribution in [2.45, 2.75) is 13.1 Å². The third kappa shape index (κ3) is 5.00. The van der Waals surface area contributed by atoms with Crippen molar-refractivity contribution >= 4 is 11.5 Å². The lowest BCUT2D eigenvalue weighted by Crippen LogP contribution is -2.44. The van der Waals surface area contributed by atoms with E-state index in [1.165, 1.54) is 11.1 Å². The van der Waals surface area contributed by atoms with Crippen molar-refractivity contribution in [2.24, 2.45) is 0 Å². The van der Waals surface area contributed by atoms with E-state index in [0.29, 0.717) is 6.54 Å². The molecule has 5 rings (SSSR count). The van der Waals surface area contributed by atoms with Crippen LogP contribution in [-0.4, -0.2) is 28.8 Å². The number of rotatable bonds is 7. The first-order valence-corrected chi connectivity index (χ1v) is 11.7. The SMILES string of the molecule is O=C(C1=C(c2ccccc2)N(Cc2ccccc2)CN(Cc2ccccc2)C1)c1ccccc1. The van der Waals surface area contributed by atoms with Crippen molar-refractivity contribution < 1.29 is 4.79 Å². The van der Waals surface area contributed by atoms with E-state index in [2.05, 4.69) is 70.5 Å². The molecule has 0 saturated heterocycles. The molecule has 0 N–H and O–H groups in total. The molecule has 1 aliphatic rings. The Balaban J connectivity index is 1.60. The van der Waals surface area contributed by atoms with Crippen molar-refractivity contribution in [3.05, 3.63) is 149 Å². The van der Waals surface area contributed by atoms with Crippen LogP contribution >= 0.6 is 0 Å². The number of ketones is 1. The molecule has 4 aromatic carbocycles. The van der Waals surface area contributed by atoms with Crippen molar-refractivity contribution in [1.82, 2.24) is 9.80 Å². The van der Waals surface area contributed by atoms with Gasteiger partial charge in [0.1, 0.15) is 0 Å². The van der Waals surface area contributed by atoms with E-state index in [-0.39, 0.29) is 5.78 Å². The zero-order valence-electron chi connectivity index (χ0n) is 19.2. The number of Topliss-reactive ketones (excluding diaryl/α,β-unsaturated/α-hetero) is 1. The van der Waals surface area contributed by atoms with Crippen molar-refractivity contribution in [3.63, 3.8) is 0 Å². The van der Waals surface area contributed by atoms with Gasteiger partial charge < -0.3 is 4.90 Å². The van der Waals surface area contributed by atoms with Crippen molar-refractivity contribution in [3.8, 4) is 0 Å². The quantitative estimate of drug-likeness (QED) is 0.315. The number of benzene rings is 4. The monoisotopic (exact) mass is 444 g/mol. The average Bonchev–Trinajstić information content (AvgIpc) is 2.90. The summed E-state index contributed by atoms with van der Waals surface area (Å²) < 4.78 is 0. The van der Waals surface area contributed by atoms with Gasteiger partial charge in [-0.3, -0.25) is 9.69 Å². The van der Waals surface area contributed by atoms with Gasteiger partial charge in [-0.2, -0.15) is 0 Å². The molecule has 0 atom stereocenters. The van der Waals surface area contributed by atoms with Crippen LogP contribution in [-0.2, 0) is 13.1 Å². The molecule has 3 heteroatoms. The summed E-state index contributed by atoms with van der Waals surface area (Å²) in [7, 11) is 0. The Labute approximate surface area is 201 Å². The maximum atomic E-state index is 13.9. The van der Waals surface area contributed by atoms with E-state index in [4.69, 9.17) is 0 Å². The largest absolute Gasteiger partial charge is 0.353 e. The summed E-state index contributed by atoms with van der Waals surface area (Å²) in [5, 5.41) is 0. The maximum Gasteiger partial charge on any atom is 0.192 e. The molecule has 0 spiro atoms. The first-order valence-electron chi connectivity index (χ1n) is 11.7. The molecule has 3 nitrogen and oxygen atoms in total. The molecule has 34 heavy (non-hydrogen) atoms. The van der Waals surface area contributed by atoms with Gasteiger partial charge in [0.15, 0.2) is 5.78 Å². The summed E-state index contributed by atoms with van der Waals surface area (Å²) in [4.78, 5) is 18.6. The van der Waals surface area contributed by atoms with Crippen LogP contribution in [0.25, 0.3) is 5.70 Å². The molecule has 1 heterocycles. The van der Waals surface area contributed by atoms with Crippen LogP contribution in [0.15, 0.2) is 127 Å². The lowest BCUT2D eigenvalue weighted by molar-refractivity contribution is 0.0987. The Morgan fingerprint density at radius 1 is 0.618 bits per heavy atom. The van der Waals surface area contributed by atoms with E-state index in [0.717, 1.165) is 42.2 Å². The van der Waals surface area contributed by atoms with E-state index < -0.39 is 0 Å². The fraction of sp³-hybridized carbons (Fsp3) is 0.129. The van der Waals surface area contributed by atoms with Crippen molar-refractivity contribution in [2.75, 3.05) is 13.2 Å². The molecule has 0 radical (unpaired) electrons. The van der Waals surface area contributed by atoms with E-state index in [1.807, 2.05) is 60.7 Å². The molecule has 168 valence electrons. The van der Waals surface area contributed by atoms with Crippen LogP contribution in [0, 0.1) is 0 Å². The number of hydrogen-bond acceptors (Lipinski definition) is 3. The number of nitrogens with zero attached hydrogens (tertiary/aromatic N) is 2. The molecular formula is C31H28N2O. The van der Waals surface area contributed by atoms with E-state index >= 15 is 0 Å². The Morgan fingerprint density at radius 3 is 1.71 bits per heavy atom. The maximum absolute atomic E-state index is 13.9. The van der Waals surface area contributed by atoms with Gasteiger partial charge in [-0.25, -0.2) is 0 Å². The highest BCUT2D eigenvalue weighted by molar-refractivity contribution is 6.13. The molecule has 0 aromatic heterocycles. The minimum Gasteiger partial charge on any atom is -0.353 e. The average molecular weight is 445 g/mol. The van der Waals surface area contributed by atoms with Gasteiger partial charge in [0.25, 0.3) is 0 Å². The molecule has 0 bridgehead atoms. The van der Waals surface area contributed by atoms with Crippen LogP contribution in [0.4, 0.5) is 0 Å². The van der Waals surface area contributed by atoms with Crippen LogP contribution in [0.2, 0.25) is 0 Å². The zero-order valence-corrected chi connectivity index (χ0v) is 19.2. The molecular weight excluding hydrogens is 416 g/mol. The van der Waals surface area contributed by atoms with Crippen LogP contribution in [0.5, 0.6) is 0 Å². The highest BCUT2D eigenvalue weighted by Crippen LogP contribution is 2.32. The summed E-state index contributed by atoms with van der Waals surface area (Å²) in [6.45, 7) is 2.89. The fourth-order valence-electron chi connectivity index (χ4n) is 4.63. The number of carbonyl (C=O) groups is 1. The van der Waals surface area contributed by atoms with Gasteiger partial charge >= 0.3 is 0 Å². The van der Waals surface area contributed by atoms with Gasteiger partial charge in [-0.15, -0.1) is 0 Å². The van der Waals surface area contributed by atoms with Gasteiger partial charge in [-0.1, -0.05) is 121 Å². The van der Waals surface area contributed by atoms with Crippen LogP contribution < -0.4 is 0 Å². The summed E-state index contributed by atoms with van der Waals surface area (Å²) in [5.74, 6) is 0.0928. The molecule has 0 saturated carbocycles. The summed E-state index contributed by atoms with van der Waals surface area (Å²) in [6, 6.07) is 40.9. The topological polar surface area (TPSA) is 23.6 Å². The van der Waals surface area contributed by atoms with Crippen LogP contribution in [0.1, 0.15) is 27.0 Å². The highest BCUT2D eigenvalue weighted by Gasteiger charge is 2.30. The first kappa shape index (κ1) is 21.9. The van der Waals surface area contributed by atoms with Gasteiger partial charge in [0, 0.05) is 30.8 Å². The Kier molecular flexibility index (Phi) is 6.64. The minimum atomic E-state index is 0.0928. The second-order valence-electron chi connectivity index (χ2n) is 8.69. The summed E-state index contributed by atoms with van der Waals surface area (Å²) in [5.41, 5.74) is 6.16. The van der Waals surface area contributed by atoms with E-state index in [9.17, 15) is 4.79 Å².